The van der Waals surface area contributed by atoms with Gasteiger partial charge in [0.15, 0.2) is 0 Å². The van der Waals surface area contributed by atoms with Gasteiger partial charge in [-0.1, -0.05) is 30.3 Å². The van der Waals surface area contributed by atoms with Crippen LogP contribution in [0.3, 0.4) is 0 Å². The van der Waals surface area contributed by atoms with Crippen LogP contribution in [0.1, 0.15) is 36.0 Å². The lowest BCUT2D eigenvalue weighted by Crippen LogP contribution is -2.35. The summed E-state index contributed by atoms with van der Waals surface area (Å²) in [7, 11) is 0. The molecular weight excluding hydrogens is 360 g/mol. The molecule has 2 aromatic heterocycles. The van der Waals surface area contributed by atoms with Crippen LogP contribution in [-0.4, -0.2) is 50.8 Å². The third-order valence-corrected chi connectivity index (χ3v) is 6.09. The van der Waals surface area contributed by atoms with Crippen molar-refractivity contribution in [1.82, 2.24) is 30.0 Å². The van der Waals surface area contributed by atoms with E-state index in [2.05, 4.69) is 60.3 Å². The van der Waals surface area contributed by atoms with E-state index in [1.165, 1.54) is 29.8 Å². The van der Waals surface area contributed by atoms with Crippen LogP contribution in [0.4, 0.5) is 0 Å². The summed E-state index contributed by atoms with van der Waals surface area (Å²) in [5, 5.41) is 12.6. The standard InChI is InChI=1S/C23H28N6/c1-2-11-25-21(5-1)19-8-6-18(7-9-19)16-28-14-3-4-20(17-28)23-27-26-22-10-12-24-13-15-29(22)23/h1-2,5-9,11,20,24H,3-4,10,12-17H2/t20-/m0/s1. The van der Waals surface area contributed by atoms with Gasteiger partial charge in [-0.25, -0.2) is 0 Å². The van der Waals surface area contributed by atoms with Crippen molar-refractivity contribution >= 4 is 0 Å². The van der Waals surface area contributed by atoms with E-state index in [4.69, 9.17) is 0 Å². The number of hydrogen-bond acceptors (Lipinski definition) is 5. The second kappa shape index (κ2) is 8.43. The van der Waals surface area contributed by atoms with Gasteiger partial charge in [0.2, 0.25) is 0 Å². The minimum Gasteiger partial charge on any atom is -0.315 e. The lowest BCUT2D eigenvalue weighted by atomic mass is 9.96. The SMILES string of the molecule is c1ccc(-c2ccc(CN3CCC[C@H](c4nnc5n4CCNCC5)C3)cc2)nc1. The molecule has 0 aliphatic carbocycles. The quantitative estimate of drug-likeness (QED) is 0.745. The van der Waals surface area contributed by atoms with Crippen LogP contribution in [0, 0.1) is 0 Å². The van der Waals surface area contributed by atoms with Gasteiger partial charge in [-0.05, 0) is 37.1 Å². The number of fused-ring (bicyclic) bond motifs is 1. The largest absolute Gasteiger partial charge is 0.315 e. The molecule has 6 nitrogen and oxygen atoms in total. The zero-order valence-electron chi connectivity index (χ0n) is 16.8. The molecule has 5 rings (SSSR count). The second-order valence-corrected chi connectivity index (χ2v) is 8.11. The first-order valence-electron chi connectivity index (χ1n) is 10.7. The molecule has 150 valence electrons. The maximum absolute atomic E-state index is 4.60. The van der Waals surface area contributed by atoms with E-state index in [0.29, 0.717) is 5.92 Å². The van der Waals surface area contributed by atoms with Gasteiger partial charge in [0, 0.05) is 56.8 Å². The van der Waals surface area contributed by atoms with E-state index in [-0.39, 0.29) is 0 Å². The molecule has 0 radical (unpaired) electrons. The Bertz CT molecular complexity index is 934. The molecule has 1 atom stereocenters. The number of hydrogen-bond donors (Lipinski definition) is 1. The Balaban J connectivity index is 1.26. The zero-order chi connectivity index (χ0) is 19.5. The molecule has 0 spiro atoms. The normalized spacial score (nSPS) is 20.2. The molecule has 1 fully saturated rings. The van der Waals surface area contributed by atoms with E-state index >= 15 is 0 Å². The molecule has 4 heterocycles. The number of piperidine rings is 1. The van der Waals surface area contributed by atoms with Crippen molar-refractivity contribution in [3.05, 3.63) is 65.9 Å². The Morgan fingerprint density at radius 3 is 2.79 bits per heavy atom. The van der Waals surface area contributed by atoms with Gasteiger partial charge in [-0.3, -0.25) is 9.88 Å². The molecule has 1 saturated heterocycles. The lowest BCUT2D eigenvalue weighted by Gasteiger charge is -2.32. The fourth-order valence-corrected chi connectivity index (χ4v) is 4.58. The summed E-state index contributed by atoms with van der Waals surface area (Å²) in [5.41, 5.74) is 3.55. The average Bonchev–Trinajstić information content (AvgIpc) is 3.03. The number of likely N-dealkylation sites (tertiary alicyclic amines) is 1. The highest BCUT2D eigenvalue weighted by Gasteiger charge is 2.27. The van der Waals surface area contributed by atoms with Crippen LogP contribution in [0.15, 0.2) is 48.7 Å². The third kappa shape index (κ3) is 4.09. The minimum atomic E-state index is 0.482. The fourth-order valence-electron chi connectivity index (χ4n) is 4.58. The van der Waals surface area contributed by atoms with E-state index in [1.807, 2.05) is 18.3 Å². The van der Waals surface area contributed by atoms with E-state index < -0.39 is 0 Å². The smallest absolute Gasteiger partial charge is 0.137 e. The van der Waals surface area contributed by atoms with Crippen LogP contribution in [0.2, 0.25) is 0 Å². The van der Waals surface area contributed by atoms with Crippen molar-refractivity contribution in [3.8, 4) is 11.3 Å². The van der Waals surface area contributed by atoms with Crippen molar-refractivity contribution in [2.75, 3.05) is 26.2 Å². The lowest BCUT2D eigenvalue weighted by molar-refractivity contribution is 0.194. The number of aromatic nitrogens is 4. The van der Waals surface area contributed by atoms with Crippen molar-refractivity contribution in [2.24, 2.45) is 0 Å². The number of benzene rings is 1. The summed E-state index contributed by atoms with van der Waals surface area (Å²) in [6, 6.07) is 14.9. The van der Waals surface area contributed by atoms with Gasteiger partial charge in [0.25, 0.3) is 0 Å². The Labute approximate surface area is 172 Å². The van der Waals surface area contributed by atoms with Gasteiger partial charge in [-0.2, -0.15) is 0 Å². The summed E-state index contributed by atoms with van der Waals surface area (Å²) in [6.45, 7) is 6.21. The van der Waals surface area contributed by atoms with E-state index in [9.17, 15) is 0 Å². The van der Waals surface area contributed by atoms with Crippen molar-refractivity contribution in [2.45, 2.75) is 38.3 Å². The van der Waals surface area contributed by atoms with Crippen molar-refractivity contribution < 1.29 is 0 Å². The highest BCUT2D eigenvalue weighted by atomic mass is 15.3. The van der Waals surface area contributed by atoms with Crippen molar-refractivity contribution in [3.63, 3.8) is 0 Å². The molecule has 6 heteroatoms. The van der Waals surface area contributed by atoms with Crippen LogP contribution < -0.4 is 5.32 Å². The highest BCUT2D eigenvalue weighted by Crippen LogP contribution is 2.28. The Morgan fingerprint density at radius 1 is 1.00 bits per heavy atom. The summed E-state index contributed by atoms with van der Waals surface area (Å²) in [6.07, 6.45) is 5.25. The summed E-state index contributed by atoms with van der Waals surface area (Å²) in [5.74, 6) is 2.82. The fraction of sp³-hybridized carbons (Fsp3) is 0.435. The topological polar surface area (TPSA) is 58.9 Å². The van der Waals surface area contributed by atoms with Gasteiger partial charge in [-0.15, -0.1) is 10.2 Å². The molecule has 2 aliphatic rings. The summed E-state index contributed by atoms with van der Waals surface area (Å²) < 4.78 is 2.37. The first kappa shape index (κ1) is 18.5. The molecule has 0 unspecified atom stereocenters. The molecule has 29 heavy (non-hydrogen) atoms. The van der Waals surface area contributed by atoms with Crippen LogP contribution in [0.25, 0.3) is 11.3 Å². The molecule has 2 aliphatic heterocycles. The van der Waals surface area contributed by atoms with Crippen LogP contribution in [-0.2, 0) is 19.5 Å². The third-order valence-electron chi connectivity index (χ3n) is 6.09. The minimum absolute atomic E-state index is 0.482. The van der Waals surface area contributed by atoms with Gasteiger partial charge in [0.1, 0.15) is 11.6 Å². The molecule has 1 aromatic carbocycles. The van der Waals surface area contributed by atoms with Gasteiger partial charge < -0.3 is 9.88 Å². The van der Waals surface area contributed by atoms with Crippen molar-refractivity contribution in [1.29, 1.82) is 0 Å². The summed E-state index contributed by atoms with van der Waals surface area (Å²) in [4.78, 5) is 7.01. The maximum atomic E-state index is 4.60. The van der Waals surface area contributed by atoms with Crippen LogP contribution >= 0.6 is 0 Å². The van der Waals surface area contributed by atoms with Gasteiger partial charge in [0.05, 0.1) is 5.69 Å². The average molecular weight is 389 g/mol. The number of nitrogens with one attached hydrogen (secondary N) is 1. The van der Waals surface area contributed by atoms with Gasteiger partial charge >= 0.3 is 0 Å². The summed E-state index contributed by atoms with van der Waals surface area (Å²) >= 11 is 0. The number of rotatable bonds is 4. The molecule has 0 amide bonds. The van der Waals surface area contributed by atoms with E-state index in [0.717, 1.165) is 57.2 Å². The van der Waals surface area contributed by atoms with Crippen LogP contribution in [0.5, 0.6) is 0 Å². The maximum Gasteiger partial charge on any atom is 0.137 e. The predicted molar refractivity (Wildman–Crippen MR) is 114 cm³/mol. The highest BCUT2D eigenvalue weighted by molar-refractivity contribution is 5.58. The first-order chi connectivity index (χ1) is 14.4. The number of nitrogens with zero attached hydrogens (tertiary/aromatic N) is 5. The zero-order valence-corrected chi connectivity index (χ0v) is 16.8. The molecule has 0 bridgehead atoms. The Kier molecular flexibility index (Phi) is 5.37. The molecule has 1 N–H and O–H groups in total. The Hall–Kier alpha value is -2.57. The monoisotopic (exact) mass is 388 g/mol. The van der Waals surface area contributed by atoms with E-state index in [1.54, 1.807) is 0 Å². The molecule has 0 saturated carbocycles. The predicted octanol–water partition coefficient (Wildman–Crippen LogP) is 2.87. The molecular formula is C23H28N6. The first-order valence-corrected chi connectivity index (χ1v) is 10.7. The Morgan fingerprint density at radius 2 is 1.93 bits per heavy atom. The number of pyridine rings is 1. The molecule has 3 aromatic rings. The second-order valence-electron chi connectivity index (χ2n) is 8.11.